The van der Waals surface area contributed by atoms with Gasteiger partial charge in [0.15, 0.2) is 0 Å². The number of para-hydroxylation sites is 1. The van der Waals surface area contributed by atoms with Gasteiger partial charge >= 0.3 is 0 Å². The first-order valence-electron chi connectivity index (χ1n) is 6.12. The van der Waals surface area contributed by atoms with Crippen LogP contribution in [0.25, 0.3) is 0 Å². The lowest BCUT2D eigenvalue weighted by molar-refractivity contribution is 0.567. The zero-order valence-electron chi connectivity index (χ0n) is 11.2. The molecule has 0 bridgehead atoms. The average molecular weight is 345 g/mol. The van der Waals surface area contributed by atoms with Crippen molar-refractivity contribution in [2.45, 2.75) is 17.9 Å². The van der Waals surface area contributed by atoms with Gasteiger partial charge in [-0.15, -0.1) is 0 Å². The first-order chi connectivity index (χ1) is 9.79. The molecule has 4 nitrogen and oxygen atoms in total. The monoisotopic (exact) mass is 344 g/mol. The smallest absolute Gasteiger partial charge is 0.241 e. The molecule has 2 aromatic carbocycles. The highest BCUT2D eigenvalue weighted by molar-refractivity contribution is 7.89. The zero-order valence-corrected chi connectivity index (χ0v) is 13.5. The molecular formula is C14H14Cl2N2O2S. The molecule has 7 heteroatoms. The topological polar surface area (TPSA) is 72.2 Å². The van der Waals surface area contributed by atoms with Crippen molar-refractivity contribution in [3.8, 4) is 0 Å². The van der Waals surface area contributed by atoms with E-state index in [1.54, 1.807) is 31.2 Å². The van der Waals surface area contributed by atoms with Crippen LogP contribution < -0.4 is 10.5 Å². The van der Waals surface area contributed by atoms with Gasteiger partial charge in [-0.3, -0.25) is 0 Å². The van der Waals surface area contributed by atoms with Crippen molar-refractivity contribution in [2.24, 2.45) is 0 Å². The highest BCUT2D eigenvalue weighted by Gasteiger charge is 2.20. The Morgan fingerprint density at radius 1 is 1.10 bits per heavy atom. The summed E-state index contributed by atoms with van der Waals surface area (Å²) in [5.74, 6) is 0. The number of benzene rings is 2. The normalized spacial score (nSPS) is 13.1. The van der Waals surface area contributed by atoms with Crippen LogP contribution in [0.1, 0.15) is 18.5 Å². The van der Waals surface area contributed by atoms with Crippen LogP contribution in [-0.4, -0.2) is 8.42 Å². The van der Waals surface area contributed by atoms with Gasteiger partial charge in [0.1, 0.15) is 0 Å². The molecule has 0 saturated heterocycles. The average Bonchev–Trinajstić information content (AvgIpc) is 2.37. The Kier molecular flexibility index (Phi) is 4.78. The Morgan fingerprint density at radius 3 is 2.24 bits per heavy atom. The maximum atomic E-state index is 12.4. The molecule has 21 heavy (non-hydrogen) atoms. The number of anilines is 1. The Hall–Kier alpha value is -1.27. The van der Waals surface area contributed by atoms with E-state index >= 15 is 0 Å². The van der Waals surface area contributed by atoms with E-state index in [4.69, 9.17) is 28.9 Å². The fourth-order valence-electron chi connectivity index (χ4n) is 1.95. The summed E-state index contributed by atoms with van der Waals surface area (Å²) in [5, 5.41) is 0.518. The first kappa shape index (κ1) is 16.1. The number of sulfonamides is 1. The van der Waals surface area contributed by atoms with Crippen molar-refractivity contribution >= 4 is 38.9 Å². The third-order valence-corrected chi connectivity index (χ3v) is 4.90. The van der Waals surface area contributed by atoms with Crippen molar-refractivity contribution in [1.29, 1.82) is 0 Å². The summed E-state index contributed by atoms with van der Waals surface area (Å²) in [6, 6.07) is 10.8. The number of nitrogen functional groups attached to an aromatic ring is 1. The minimum Gasteiger partial charge on any atom is -0.398 e. The van der Waals surface area contributed by atoms with Crippen LogP contribution in [0, 0.1) is 0 Å². The predicted octanol–water partition coefficient (Wildman–Crippen LogP) is 3.62. The van der Waals surface area contributed by atoms with Gasteiger partial charge < -0.3 is 5.73 Å². The van der Waals surface area contributed by atoms with Crippen molar-refractivity contribution in [3.05, 3.63) is 58.1 Å². The number of nitrogens with one attached hydrogen (secondary N) is 1. The molecule has 0 aromatic heterocycles. The standard InChI is InChI=1S/C14H14Cl2N2O2S/c1-9(13-4-2-3-5-14(13)17)18-21(19,20)12-7-10(15)6-11(16)8-12/h2-9,18H,17H2,1H3. The molecule has 0 heterocycles. The lowest BCUT2D eigenvalue weighted by atomic mass is 10.1. The van der Waals surface area contributed by atoms with Crippen molar-refractivity contribution in [2.75, 3.05) is 5.73 Å². The molecule has 0 amide bonds. The molecule has 2 aromatic rings. The lowest BCUT2D eigenvalue weighted by Crippen LogP contribution is -2.27. The lowest BCUT2D eigenvalue weighted by Gasteiger charge is -2.16. The summed E-state index contributed by atoms with van der Waals surface area (Å²) < 4.78 is 27.3. The summed E-state index contributed by atoms with van der Waals surface area (Å²) in [6.07, 6.45) is 0. The molecule has 0 radical (unpaired) electrons. The predicted molar refractivity (Wildman–Crippen MR) is 86.1 cm³/mol. The number of hydrogen-bond acceptors (Lipinski definition) is 3. The van der Waals surface area contributed by atoms with Gasteiger partial charge in [0.2, 0.25) is 10.0 Å². The van der Waals surface area contributed by atoms with Gasteiger partial charge in [-0.25, -0.2) is 13.1 Å². The molecular weight excluding hydrogens is 331 g/mol. The van der Waals surface area contributed by atoms with E-state index < -0.39 is 16.1 Å². The summed E-state index contributed by atoms with van der Waals surface area (Å²) in [6.45, 7) is 1.72. The van der Waals surface area contributed by atoms with E-state index in [-0.39, 0.29) is 14.9 Å². The molecule has 0 aliphatic heterocycles. The highest BCUT2D eigenvalue weighted by atomic mass is 35.5. The van der Waals surface area contributed by atoms with Gasteiger partial charge in [0, 0.05) is 21.8 Å². The Labute approximate surface area is 133 Å². The molecule has 0 aliphatic rings. The van der Waals surface area contributed by atoms with Crippen LogP contribution in [0.4, 0.5) is 5.69 Å². The molecule has 0 saturated carbocycles. The quantitative estimate of drug-likeness (QED) is 0.832. The van der Waals surface area contributed by atoms with Crippen LogP contribution in [0.2, 0.25) is 10.0 Å². The number of halogens is 2. The second kappa shape index (κ2) is 6.23. The molecule has 2 rings (SSSR count). The second-order valence-electron chi connectivity index (χ2n) is 4.58. The van der Waals surface area contributed by atoms with Crippen molar-refractivity contribution in [1.82, 2.24) is 4.72 Å². The van der Waals surface area contributed by atoms with Crippen LogP contribution >= 0.6 is 23.2 Å². The van der Waals surface area contributed by atoms with E-state index in [9.17, 15) is 8.42 Å². The largest absolute Gasteiger partial charge is 0.398 e. The number of hydrogen-bond donors (Lipinski definition) is 2. The minimum absolute atomic E-state index is 0.0151. The molecule has 3 N–H and O–H groups in total. The minimum atomic E-state index is -3.74. The van der Waals surface area contributed by atoms with E-state index in [1.165, 1.54) is 18.2 Å². The second-order valence-corrected chi connectivity index (χ2v) is 7.16. The third kappa shape index (κ3) is 3.89. The molecule has 1 unspecified atom stereocenters. The molecule has 0 spiro atoms. The molecule has 0 fully saturated rings. The Bertz CT molecular complexity index is 743. The maximum Gasteiger partial charge on any atom is 0.241 e. The Balaban J connectivity index is 2.31. The summed E-state index contributed by atoms with van der Waals surface area (Å²) in [4.78, 5) is 0.0151. The number of rotatable bonds is 4. The van der Waals surface area contributed by atoms with Crippen molar-refractivity contribution in [3.63, 3.8) is 0 Å². The summed E-state index contributed by atoms with van der Waals surface area (Å²) >= 11 is 11.7. The van der Waals surface area contributed by atoms with E-state index in [0.717, 1.165) is 0 Å². The molecule has 112 valence electrons. The molecule has 1 atom stereocenters. The first-order valence-corrected chi connectivity index (χ1v) is 8.36. The summed E-state index contributed by atoms with van der Waals surface area (Å²) in [7, 11) is -3.74. The van der Waals surface area contributed by atoms with E-state index in [0.29, 0.717) is 11.3 Å². The summed E-state index contributed by atoms with van der Waals surface area (Å²) in [5.41, 5.74) is 7.08. The van der Waals surface area contributed by atoms with Gasteiger partial charge in [0.25, 0.3) is 0 Å². The Morgan fingerprint density at radius 2 is 1.67 bits per heavy atom. The highest BCUT2D eigenvalue weighted by Crippen LogP contribution is 2.25. The van der Waals surface area contributed by atoms with E-state index in [2.05, 4.69) is 4.72 Å². The molecule has 0 aliphatic carbocycles. The zero-order chi connectivity index (χ0) is 15.6. The third-order valence-electron chi connectivity index (χ3n) is 2.94. The van der Waals surface area contributed by atoms with Crippen LogP contribution in [0.15, 0.2) is 47.4 Å². The van der Waals surface area contributed by atoms with Crippen molar-refractivity contribution < 1.29 is 8.42 Å². The van der Waals surface area contributed by atoms with Crippen LogP contribution in [0.5, 0.6) is 0 Å². The fourth-order valence-corrected chi connectivity index (χ4v) is 3.90. The van der Waals surface area contributed by atoms with Gasteiger partial charge in [-0.05, 0) is 36.8 Å². The van der Waals surface area contributed by atoms with E-state index in [1.807, 2.05) is 0 Å². The van der Waals surface area contributed by atoms with Gasteiger partial charge in [0.05, 0.1) is 4.90 Å². The maximum absolute atomic E-state index is 12.4. The van der Waals surface area contributed by atoms with Crippen LogP contribution in [-0.2, 0) is 10.0 Å². The number of nitrogens with two attached hydrogens (primary N) is 1. The van der Waals surface area contributed by atoms with Gasteiger partial charge in [-0.1, -0.05) is 41.4 Å². The fraction of sp³-hybridized carbons (Fsp3) is 0.143. The van der Waals surface area contributed by atoms with Crippen LogP contribution in [0.3, 0.4) is 0 Å². The van der Waals surface area contributed by atoms with Gasteiger partial charge in [-0.2, -0.15) is 0 Å². The SMILES string of the molecule is CC(NS(=O)(=O)c1cc(Cl)cc(Cl)c1)c1ccccc1N.